The highest BCUT2D eigenvalue weighted by Gasteiger charge is 2.05. The topological polar surface area (TPSA) is 22.1 Å². The van der Waals surface area contributed by atoms with Crippen LogP contribution < -0.4 is 4.74 Å². The number of halogens is 2. The maximum Gasteiger partial charge on any atom is 0.141 e. The van der Waals surface area contributed by atoms with E-state index in [2.05, 4.69) is 20.9 Å². The van der Waals surface area contributed by atoms with E-state index in [-0.39, 0.29) is 0 Å². The zero-order valence-electron chi connectivity index (χ0n) is 8.58. The van der Waals surface area contributed by atoms with E-state index in [4.69, 9.17) is 16.3 Å². The van der Waals surface area contributed by atoms with E-state index in [0.29, 0.717) is 10.9 Å². The van der Waals surface area contributed by atoms with Crippen molar-refractivity contribution in [1.29, 1.82) is 0 Å². The van der Waals surface area contributed by atoms with Crippen LogP contribution in [0.3, 0.4) is 0 Å². The maximum absolute atomic E-state index is 5.82. The number of pyridine rings is 1. The minimum atomic E-state index is 0.424. The molecule has 0 amide bonds. The lowest BCUT2D eigenvalue weighted by molar-refractivity contribution is 0.475. The van der Waals surface area contributed by atoms with Crippen molar-refractivity contribution < 1.29 is 4.74 Å². The molecule has 1 aromatic carbocycles. The van der Waals surface area contributed by atoms with Gasteiger partial charge < -0.3 is 4.74 Å². The molecular formula is C12H9BrClNO. The van der Waals surface area contributed by atoms with Crippen LogP contribution >= 0.6 is 27.5 Å². The molecule has 0 bridgehead atoms. The normalized spacial score (nSPS) is 10.2. The first-order valence-electron chi connectivity index (χ1n) is 4.71. The van der Waals surface area contributed by atoms with Gasteiger partial charge in [0.25, 0.3) is 0 Å². The Labute approximate surface area is 107 Å². The van der Waals surface area contributed by atoms with Crippen LogP contribution in [0.25, 0.3) is 0 Å². The highest BCUT2D eigenvalue weighted by molar-refractivity contribution is 9.10. The lowest BCUT2D eigenvalue weighted by Gasteiger charge is -2.09. The van der Waals surface area contributed by atoms with Gasteiger partial charge in [0.15, 0.2) is 0 Å². The van der Waals surface area contributed by atoms with Crippen molar-refractivity contribution in [3.8, 4) is 11.5 Å². The van der Waals surface area contributed by atoms with Crippen molar-refractivity contribution in [2.45, 2.75) is 6.92 Å². The predicted octanol–water partition coefficient (Wildman–Crippen LogP) is 4.60. The zero-order valence-corrected chi connectivity index (χ0v) is 10.9. The van der Waals surface area contributed by atoms with Gasteiger partial charge in [0.05, 0.1) is 4.47 Å². The number of hydrogen-bond donors (Lipinski definition) is 0. The van der Waals surface area contributed by atoms with Crippen LogP contribution in [0, 0.1) is 6.92 Å². The molecule has 0 spiro atoms. The van der Waals surface area contributed by atoms with Gasteiger partial charge >= 0.3 is 0 Å². The number of aryl methyl sites for hydroxylation is 1. The van der Waals surface area contributed by atoms with Gasteiger partial charge in [-0.25, -0.2) is 4.98 Å². The first-order valence-corrected chi connectivity index (χ1v) is 5.88. The third-order valence-electron chi connectivity index (χ3n) is 2.08. The molecule has 0 saturated heterocycles. The molecule has 0 saturated carbocycles. The van der Waals surface area contributed by atoms with E-state index < -0.39 is 0 Å². The van der Waals surface area contributed by atoms with Gasteiger partial charge in [-0.05, 0) is 35.0 Å². The lowest BCUT2D eigenvalue weighted by Crippen LogP contribution is -1.89. The highest BCUT2D eigenvalue weighted by atomic mass is 79.9. The van der Waals surface area contributed by atoms with Gasteiger partial charge in [-0.15, -0.1) is 0 Å². The SMILES string of the molecule is Cc1cnc(Cl)cc1Oc1ccccc1Br. The van der Waals surface area contributed by atoms with E-state index in [0.717, 1.165) is 15.8 Å². The second-order valence-electron chi connectivity index (χ2n) is 3.31. The summed E-state index contributed by atoms with van der Waals surface area (Å²) in [5.74, 6) is 1.47. The van der Waals surface area contributed by atoms with Crippen LogP contribution in [0.15, 0.2) is 41.0 Å². The Kier molecular flexibility index (Phi) is 3.46. The van der Waals surface area contributed by atoms with Crippen LogP contribution in [0.5, 0.6) is 11.5 Å². The largest absolute Gasteiger partial charge is 0.456 e. The minimum absolute atomic E-state index is 0.424. The van der Waals surface area contributed by atoms with Crippen molar-refractivity contribution in [2.24, 2.45) is 0 Å². The Morgan fingerprint density at radius 2 is 2.00 bits per heavy atom. The second kappa shape index (κ2) is 4.85. The van der Waals surface area contributed by atoms with E-state index in [1.807, 2.05) is 31.2 Å². The molecule has 0 unspecified atom stereocenters. The molecule has 0 radical (unpaired) electrons. The molecule has 2 aromatic rings. The summed E-state index contributed by atoms with van der Waals surface area (Å²) in [6.07, 6.45) is 1.69. The fraction of sp³-hybridized carbons (Fsp3) is 0.0833. The molecule has 4 heteroatoms. The molecule has 1 aromatic heterocycles. The summed E-state index contributed by atoms with van der Waals surface area (Å²) in [6, 6.07) is 9.36. The number of ether oxygens (including phenoxy) is 1. The van der Waals surface area contributed by atoms with Crippen LogP contribution in [-0.2, 0) is 0 Å². The Hall–Kier alpha value is -1.06. The molecule has 82 valence electrons. The molecule has 2 nitrogen and oxygen atoms in total. The van der Waals surface area contributed by atoms with Gasteiger partial charge in [-0.1, -0.05) is 23.7 Å². The summed E-state index contributed by atoms with van der Waals surface area (Å²) in [6.45, 7) is 1.93. The third kappa shape index (κ3) is 2.54. The molecular weight excluding hydrogens is 289 g/mol. The van der Waals surface area contributed by atoms with Crippen molar-refractivity contribution in [3.05, 3.63) is 51.7 Å². The van der Waals surface area contributed by atoms with Crippen LogP contribution in [0.1, 0.15) is 5.56 Å². The Morgan fingerprint density at radius 1 is 1.25 bits per heavy atom. The van der Waals surface area contributed by atoms with Gasteiger partial charge in [0, 0.05) is 17.8 Å². The predicted molar refractivity (Wildman–Crippen MR) is 68.2 cm³/mol. The molecule has 2 rings (SSSR count). The monoisotopic (exact) mass is 297 g/mol. The number of nitrogens with zero attached hydrogens (tertiary/aromatic N) is 1. The van der Waals surface area contributed by atoms with E-state index in [1.165, 1.54) is 0 Å². The standard InChI is InChI=1S/C12H9BrClNO/c1-8-7-15-12(14)6-11(8)16-10-5-3-2-4-9(10)13/h2-7H,1H3. The molecule has 16 heavy (non-hydrogen) atoms. The summed E-state index contributed by atoms with van der Waals surface area (Å²) in [5, 5.41) is 0.424. The molecule has 1 heterocycles. The van der Waals surface area contributed by atoms with Gasteiger partial charge in [0.1, 0.15) is 16.7 Å². The fourth-order valence-electron chi connectivity index (χ4n) is 1.24. The average molecular weight is 299 g/mol. The quantitative estimate of drug-likeness (QED) is 0.756. The van der Waals surface area contributed by atoms with E-state index in [9.17, 15) is 0 Å². The molecule has 0 atom stereocenters. The van der Waals surface area contributed by atoms with Gasteiger partial charge in [0.2, 0.25) is 0 Å². The number of benzene rings is 1. The summed E-state index contributed by atoms with van der Waals surface area (Å²) >= 11 is 9.24. The van der Waals surface area contributed by atoms with E-state index in [1.54, 1.807) is 12.3 Å². The molecule has 0 aliphatic rings. The number of para-hydroxylation sites is 1. The summed E-state index contributed by atoms with van der Waals surface area (Å²) in [5.41, 5.74) is 0.945. The fourth-order valence-corrected chi connectivity index (χ4v) is 1.75. The first kappa shape index (κ1) is 11.4. The molecule has 0 N–H and O–H groups in total. The van der Waals surface area contributed by atoms with Crippen molar-refractivity contribution in [1.82, 2.24) is 4.98 Å². The molecule has 0 aliphatic carbocycles. The van der Waals surface area contributed by atoms with Crippen molar-refractivity contribution in [3.63, 3.8) is 0 Å². The van der Waals surface area contributed by atoms with Gasteiger partial charge in [-0.3, -0.25) is 0 Å². The Bertz CT molecular complexity index is 516. The van der Waals surface area contributed by atoms with Crippen LogP contribution in [0.4, 0.5) is 0 Å². The smallest absolute Gasteiger partial charge is 0.141 e. The average Bonchev–Trinajstić information content (AvgIpc) is 2.27. The second-order valence-corrected chi connectivity index (χ2v) is 4.55. The van der Waals surface area contributed by atoms with E-state index >= 15 is 0 Å². The number of aromatic nitrogens is 1. The van der Waals surface area contributed by atoms with Crippen LogP contribution in [-0.4, -0.2) is 4.98 Å². The lowest BCUT2D eigenvalue weighted by atomic mass is 10.3. The minimum Gasteiger partial charge on any atom is -0.456 e. The maximum atomic E-state index is 5.82. The van der Waals surface area contributed by atoms with Crippen molar-refractivity contribution >= 4 is 27.5 Å². The Morgan fingerprint density at radius 3 is 2.75 bits per heavy atom. The zero-order chi connectivity index (χ0) is 11.5. The molecule has 0 fully saturated rings. The van der Waals surface area contributed by atoms with Crippen molar-refractivity contribution in [2.75, 3.05) is 0 Å². The third-order valence-corrected chi connectivity index (χ3v) is 2.94. The molecule has 0 aliphatic heterocycles. The number of rotatable bonds is 2. The summed E-state index contributed by atoms with van der Waals surface area (Å²) < 4.78 is 6.65. The van der Waals surface area contributed by atoms with Gasteiger partial charge in [-0.2, -0.15) is 0 Å². The summed E-state index contributed by atoms with van der Waals surface area (Å²) in [7, 11) is 0. The highest BCUT2D eigenvalue weighted by Crippen LogP contribution is 2.31. The Balaban J connectivity index is 2.34. The summed E-state index contributed by atoms with van der Waals surface area (Å²) in [4.78, 5) is 3.98. The number of hydrogen-bond acceptors (Lipinski definition) is 2. The van der Waals surface area contributed by atoms with Crippen LogP contribution in [0.2, 0.25) is 5.15 Å². The first-order chi connectivity index (χ1) is 7.66.